The third-order valence-electron chi connectivity index (χ3n) is 16.4. The van der Waals surface area contributed by atoms with Gasteiger partial charge in [0.1, 0.15) is 17.0 Å². The molecule has 4 saturated carbocycles. The van der Waals surface area contributed by atoms with Crippen molar-refractivity contribution in [2.75, 3.05) is 140 Å². The number of ether oxygens (including phenoxy) is 2. The van der Waals surface area contributed by atoms with Crippen LogP contribution in [0.1, 0.15) is 84.7 Å². The van der Waals surface area contributed by atoms with Crippen LogP contribution in [0, 0.1) is 23.7 Å². The first kappa shape index (κ1) is 61.0. The lowest BCUT2D eigenvalue weighted by molar-refractivity contribution is -0.145. The molecule has 8 rings (SSSR count). The van der Waals surface area contributed by atoms with Crippen LogP contribution in [-0.4, -0.2) is 242 Å². The summed E-state index contributed by atoms with van der Waals surface area (Å²) in [7, 11) is 8.92. The molecule has 4 bridgehead atoms. The highest BCUT2D eigenvalue weighted by Gasteiger charge is 2.62. The second-order valence-corrected chi connectivity index (χ2v) is 22.7. The van der Waals surface area contributed by atoms with Crippen molar-refractivity contribution in [3.63, 3.8) is 0 Å². The van der Waals surface area contributed by atoms with Gasteiger partial charge in [0.15, 0.2) is 5.69 Å². The molecular formula is C57H83N11O12. The highest BCUT2D eigenvalue weighted by Crippen LogP contribution is 2.58. The van der Waals surface area contributed by atoms with E-state index in [1.165, 1.54) is 0 Å². The lowest BCUT2D eigenvalue weighted by atomic mass is 9.48. The van der Waals surface area contributed by atoms with Gasteiger partial charge < -0.3 is 50.5 Å². The molecule has 23 nitrogen and oxygen atoms in total. The van der Waals surface area contributed by atoms with E-state index in [2.05, 4.69) is 20.9 Å². The van der Waals surface area contributed by atoms with E-state index in [-0.39, 0.29) is 133 Å². The van der Waals surface area contributed by atoms with Crippen molar-refractivity contribution in [2.45, 2.75) is 63.8 Å². The van der Waals surface area contributed by atoms with Crippen LogP contribution in [0.15, 0.2) is 42.5 Å². The fourth-order valence-electron chi connectivity index (χ4n) is 12.6. The summed E-state index contributed by atoms with van der Waals surface area (Å²) in [6, 6.07) is 12.6. The molecule has 0 radical (unpaired) electrons. The number of aromatic nitrogens is 2. The number of carboxylic acids is 3. The first-order valence-electron chi connectivity index (χ1n) is 28.0. The molecule has 4 aliphatic carbocycles. The van der Waals surface area contributed by atoms with Crippen molar-refractivity contribution in [3.05, 3.63) is 59.3 Å². The zero-order valence-electron chi connectivity index (χ0n) is 47.6. The fraction of sp³-hybridized carbons (Fsp3) is 0.614. The molecule has 0 atom stereocenters. The SMILES string of the molecule is COc1cccc(OC)c1-c1cc(C(=O)NC2(C(=O)NCCNC(=O)CN3CCN(CC(=O)O)CCN(CC(=O)O)CCN(CC(=O)O)CC3)C3CC4CC(C3)CC2C4)nn1-c1ccc(C(=O)N(C)CCCN(C)C)cc1C(C)C. The molecular weight excluding hydrogens is 1030 g/mol. The van der Waals surface area contributed by atoms with Crippen LogP contribution < -0.4 is 25.4 Å². The average Bonchev–Trinajstić information content (AvgIpc) is 3.89. The predicted octanol–water partition coefficient (Wildman–Crippen LogP) is 2.34. The third-order valence-corrected chi connectivity index (χ3v) is 16.4. The largest absolute Gasteiger partial charge is 0.496 e. The van der Waals surface area contributed by atoms with Gasteiger partial charge in [-0.05, 0) is 131 Å². The molecule has 1 aromatic heterocycles. The van der Waals surface area contributed by atoms with Gasteiger partial charge in [0.25, 0.3) is 11.8 Å². The summed E-state index contributed by atoms with van der Waals surface area (Å²) in [6.07, 6.45) is 5.06. The summed E-state index contributed by atoms with van der Waals surface area (Å²) < 4.78 is 13.5. The monoisotopic (exact) mass is 1110 g/mol. The lowest BCUT2D eigenvalue weighted by Crippen LogP contribution is -2.72. The van der Waals surface area contributed by atoms with Crippen molar-refractivity contribution in [1.82, 2.24) is 55.1 Å². The number of nitrogens with zero attached hydrogens (tertiary/aromatic N) is 8. The second kappa shape index (κ2) is 27.7. The predicted molar refractivity (Wildman–Crippen MR) is 298 cm³/mol. The number of hydrogen-bond donors (Lipinski definition) is 6. The van der Waals surface area contributed by atoms with Gasteiger partial charge in [0, 0.05) is 84.6 Å². The van der Waals surface area contributed by atoms with E-state index in [0.717, 1.165) is 50.6 Å². The maximum absolute atomic E-state index is 15.1. The molecule has 6 N–H and O–H groups in total. The zero-order valence-corrected chi connectivity index (χ0v) is 47.6. The molecule has 438 valence electrons. The molecule has 1 saturated heterocycles. The van der Waals surface area contributed by atoms with E-state index in [0.29, 0.717) is 52.4 Å². The molecule has 0 spiro atoms. The van der Waals surface area contributed by atoms with Gasteiger partial charge in [0.05, 0.1) is 57.3 Å². The highest BCUT2D eigenvalue weighted by atomic mass is 16.5. The molecule has 2 heterocycles. The van der Waals surface area contributed by atoms with E-state index < -0.39 is 29.4 Å². The Bertz CT molecular complexity index is 2610. The summed E-state index contributed by atoms with van der Waals surface area (Å²) in [5.41, 5.74) is 1.84. The number of benzene rings is 2. The van der Waals surface area contributed by atoms with E-state index in [1.807, 2.05) is 51.0 Å². The minimum absolute atomic E-state index is 0.0643. The number of nitrogens with one attached hydrogen (secondary N) is 3. The van der Waals surface area contributed by atoms with Crippen molar-refractivity contribution in [2.24, 2.45) is 23.7 Å². The number of aliphatic carboxylic acids is 3. The van der Waals surface area contributed by atoms with Crippen LogP contribution in [0.2, 0.25) is 0 Å². The maximum atomic E-state index is 15.1. The van der Waals surface area contributed by atoms with Crippen molar-refractivity contribution < 1.29 is 58.4 Å². The first-order chi connectivity index (χ1) is 38.2. The van der Waals surface area contributed by atoms with E-state index >= 15 is 9.59 Å². The van der Waals surface area contributed by atoms with Crippen molar-refractivity contribution in [1.29, 1.82) is 0 Å². The summed E-state index contributed by atoms with van der Waals surface area (Å²) in [6.45, 7) is 6.78. The number of methoxy groups -OCH3 is 2. The summed E-state index contributed by atoms with van der Waals surface area (Å²) in [5.74, 6) is -2.94. The molecule has 80 heavy (non-hydrogen) atoms. The van der Waals surface area contributed by atoms with Gasteiger partial charge in [-0.15, -0.1) is 0 Å². The van der Waals surface area contributed by atoms with Crippen LogP contribution in [0.3, 0.4) is 0 Å². The summed E-state index contributed by atoms with van der Waals surface area (Å²) in [4.78, 5) is 103. The van der Waals surface area contributed by atoms with E-state index in [9.17, 15) is 39.3 Å². The zero-order chi connectivity index (χ0) is 57.8. The van der Waals surface area contributed by atoms with Gasteiger partial charge >= 0.3 is 17.9 Å². The quantitative estimate of drug-likeness (QED) is 0.0703. The van der Waals surface area contributed by atoms with Crippen LogP contribution in [-0.2, 0) is 24.0 Å². The molecule has 5 fully saturated rings. The lowest BCUT2D eigenvalue weighted by Gasteiger charge is -2.60. The molecule has 23 heteroatoms. The Labute approximate surface area is 468 Å². The van der Waals surface area contributed by atoms with E-state index in [1.54, 1.807) is 69.8 Å². The van der Waals surface area contributed by atoms with Crippen LogP contribution in [0.25, 0.3) is 16.9 Å². The Kier molecular flexibility index (Phi) is 21.1. The molecule has 2 aromatic carbocycles. The van der Waals surface area contributed by atoms with E-state index in [4.69, 9.17) is 14.6 Å². The maximum Gasteiger partial charge on any atom is 0.317 e. The minimum atomic E-state index is -1.27. The first-order valence-corrected chi connectivity index (χ1v) is 28.0. The summed E-state index contributed by atoms with van der Waals surface area (Å²) >= 11 is 0. The second-order valence-electron chi connectivity index (χ2n) is 22.7. The van der Waals surface area contributed by atoms with Gasteiger partial charge in [0.2, 0.25) is 11.8 Å². The fourth-order valence-corrected chi connectivity index (χ4v) is 12.6. The standard InChI is InChI=1S/C57H83N11O12/c1-37(2)43-31-40(55(77)63(5)17-9-16-62(3)4)12-13-45(43)68-46(53-47(79-6)10-8-11-48(53)80-7)32-44(61-68)54(76)60-57(41-27-38-26-39(29-41)30-42(57)28-38)56(78)59-15-14-58-49(69)33-64-18-20-65(34-50(70)71)22-24-67(36-52(74)75)25-23-66(21-19-64)35-51(72)73/h8,10-13,31-32,37-39,41-42H,9,14-30,33-36H2,1-7H3,(H,58,69)(H,59,78)(H,60,76)(H,70,71)(H,72,73)(H,74,75). The Morgan fingerprint density at radius 2 is 1.18 bits per heavy atom. The molecule has 0 unspecified atom stereocenters. The van der Waals surface area contributed by atoms with Crippen LogP contribution >= 0.6 is 0 Å². The molecule has 5 aliphatic rings. The topological polar surface area (TPSA) is 272 Å². The van der Waals surface area contributed by atoms with Crippen LogP contribution in [0.4, 0.5) is 0 Å². The Morgan fingerprint density at radius 3 is 1.65 bits per heavy atom. The molecule has 1 aliphatic heterocycles. The minimum Gasteiger partial charge on any atom is -0.496 e. The number of amides is 4. The highest BCUT2D eigenvalue weighted by molar-refractivity contribution is 6.00. The van der Waals surface area contributed by atoms with Crippen molar-refractivity contribution >= 4 is 41.5 Å². The third kappa shape index (κ3) is 15.2. The average molecular weight is 1110 g/mol. The number of carboxylic acid groups (broad SMARTS) is 3. The number of rotatable bonds is 24. The van der Waals surface area contributed by atoms with Crippen LogP contribution in [0.5, 0.6) is 11.5 Å². The Balaban J connectivity index is 1.10. The summed E-state index contributed by atoms with van der Waals surface area (Å²) in [5, 5.41) is 43.2. The number of hydrogen-bond acceptors (Lipinski definition) is 15. The number of carbonyl (C=O) groups excluding carboxylic acids is 4. The Morgan fingerprint density at radius 1 is 0.675 bits per heavy atom. The molecule has 4 amide bonds. The van der Waals surface area contributed by atoms with Gasteiger partial charge in [-0.2, -0.15) is 5.10 Å². The van der Waals surface area contributed by atoms with Gasteiger partial charge in [-0.3, -0.25) is 53.2 Å². The number of carbonyl (C=O) groups is 7. The normalized spacial score (nSPS) is 22.1. The van der Waals surface area contributed by atoms with Gasteiger partial charge in [-0.1, -0.05) is 19.9 Å². The Hall–Kier alpha value is -6.66. The van der Waals surface area contributed by atoms with Crippen molar-refractivity contribution in [3.8, 4) is 28.4 Å². The molecule has 3 aromatic rings. The smallest absolute Gasteiger partial charge is 0.317 e. The van der Waals surface area contributed by atoms with Gasteiger partial charge in [-0.25, -0.2) is 4.68 Å².